The van der Waals surface area contributed by atoms with E-state index < -0.39 is 0 Å². The molecule has 2 aromatic rings. The summed E-state index contributed by atoms with van der Waals surface area (Å²) in [6, 6.07) is 15.1. The summed E-state index contributed by atoms with van der Waals surface area (Å²) in [5.74, 6) is -0.101. The maximum absolute atomic E-state index is 11.0. The van der Waals surface area contributed by atoms with E-state index in [0.717, 1.165) is 22.6 Å². The molecule has 2 rings (SSSR count). The highest BCUT2D eigenvalue weighted by Gasteiger charge is 2.05. The first kappa shape index (κ1) is 13.6. The molecule has 0 aliphatic carbocycles. The summed E-state index contributed by atoms with van der Waals surface area (Å²) in [6.07, 6.45) is 0. The van der Waals surface area contributed by atoms with Crippen molar-refractivity contribution < 1.29 is 4.79 Å². The average molecular weight is 265 g/mol. The van der Waals surface area contributed by atoms with Crippen molar-refractivity contribution >= 4 is 23.0 Å². The van der Waals surface area contributed by atoms with Crippen LogP contribution in [0.4, 0.5) is 17.1 Å². The lowest BCUT2D eigenvalue weighted by atomic mass is 10.1. The van der Waals surface area contributed by atoms with Crippen molar-refractivity contribution in [1.29, 1.82) is 5.26 Å². The van der Waals surface area contributed by atoms with E-state index >= 15 is 0 Å². The molecule has 1 amide bonds. The Hall–Kier alpha value is -2.80. The molecular weight excluding hydrogens is 250 g/mol. The van der Waals surface area contributed by atoms with Crippen molar-refractivity contribution in [3.8, 4) is 6.07 Å². The van der Waals surface area contributed by atoms with Gasteiger partial charge in [-0.2, -0.15) is 5.26 Å². The van der Waals surface area contributed by atoms with E-state index in [-0.39, 0.29) is 5.91 Å². The first-order valence-electron chi connectivity index (χ1n) is 6.24. The molecule has 0 aliphatic heterocycles. The average Bonchev–Trinajstić information content (AvgIpc) is 2.42. The number of nitrogens with one attached hydrogen (secondary N) is 2. The summed E-state index contributed by atoms with van der Waals surface area (Å²) in [4.78, 5) is 11.0. The van der Waals surface area contributed by atoms with Gasteiger partial charge in [0.15, 0.2) is 0 Å². The third-order valence-electron chi connectivity index (χ3n) is 2.87. The molecule has 0 bridgehead atoms. The predicted octanol–water partition coefficient (Wildman–Crippen LogP) is 3.57. The molecule has 0 saturated heterocycles. The first-order valence-corrected chi connectivity index (χ1v) is 6.24. The molecule has 100 valence electrons. The van der Waals surface area contributed by atoms with Crippen LogP contribution < -0.4 is 10.6 Å². The minimum absolute atomic E-state index is 0.101. The summed E-state index contributed by atoms with van der Waals surface area (Å²) in [7, 11) is 0. The van der Waals surface area contributed by atoms with Gasteiger partial charge in [0.05, 0.1) is 11.3 Å². The van der Waals surface area contributed by atoms with Gasteiger partial charge < -0.3 is 10.6 Å². The molecule has 4 nitrogen and oxygen atoms in total. The van der Waals surface area contributed by atoms with E-state index in [1.54, 1.807) is 6.07 Å². The second-order valence-corrected chi connectivity index (χ2v) is 4.49. The zero-order valence-electron chi connectivity index (χ0n) is 11.4. The molecule has 0 aliphatic rings. The molecule has 0 heterocycles. The molecule has 0 spiro atoms. The number of nitrogens with zero attached hydrogens (tertiary/aromatic N) is 1. The van der Waals surface area contributed by atoms with E-state index in [0.29, 0.717) is 5.56 Å². The fraction of sp³-hybridized carbons (Fsp3) is 0.125. The maximum atomic E-state index is 11.0. The van der Waals surface area contributed by atoms with Gasteiger partial charge >= 0.3 is 0 Å². The Balaban J connectivity index is 2.23. The number of rotatable bonds is 3. The van der Waals surface area contributed by atoms with Crippen LogP contribution in [-0.2, 0) is 4.79 Å². The molecule has 2 N–H and O–H groups in total. The van der Waals surface area contributed by atoms with Gasteiger partial charge in [0.2, 0.25) is 5.91 Å². The minimum Gasteiger partial charge on any atom is -0.354 e. The number of benzene rings is 2. The Kier molecular flexibility index (Phi) is 4.02. The van der Waals surface area contributed by atoms with Gasteiger partial charge in [0.1, 0.15) is 6.07 Å². The maximum Gasteiger partial charge on any atom is 0.221 e. The van der Waals surface area contributed by atoms with Crippen LogP contribution in [-0.4, -0.2) is 5.91 Å². The number of carbonyl (C=O) groups excluding carboxylic acids is 1. The molecule has 0 radical (unpaired) electrons. The van der Waals surface area contributed by atoms with Crippen molar-refractivity contribution in [2.75, 3.05) is 10.6 Å². The molecule has 0 fully saturated rings. The summed E-state index contributed by atoms with van der Waals surface area (Å²) in [5, 5.41) is 15.1. The number of carbonyl (C=O) groups is 1. The molecule has 0 aromatic heterocycles. The predicted molar refractivity (Wildman–Crippen MR) is 79.9 cm³/mol. The van der Waals surface area contributed by atoms with Crippen LogP contribution in [0.15, 0.2) is 42.5 Å². The van der Waals surface area contributed by atoms with Crippen molar-refractivity contribution in [3.63, 3.8) is 0 Å². The van der Waals surface area contributed by atoms with Crippen LogP contribution in [0.25, 0.3) is 0 Å². The van der Waals surface area contributed by atoms with E-state index in [1.165, 1.54) is 6.92 Å². The van der Waals surface area contributed by atoms with Crippen LogP contribution in [0, 0.1) is 18.3 Å². The smallest absolute Gasteiger partial charge is 0.221 e. The van der Waals surface area contributed by atoms with E-state index in [2.05, 4.69) is 16.7 Å². The zero-order chi connectivity index (χ0) is 14.5. The Morgan fingerprint density at radius 3 is 2.35 bits per heavy atom. The fourth-order valence-corrected chi connectivity index (χ4v) is 1.91. The third kappa shape index (κ3) is 3.15. The number of hydrogen-bond donors (Lipinski definition) is 2. The van der Waals surface area contributed by atoms with Crippen LogP contribution in [0.5, 0.6) is 0 Å². The lowest BCUT2D eigenvalue weighted by Crippen LogP contribution is -2.05. The van der Waals surface area contributed by atoms with E-state index in [9.17, 15) is 4.79 Å². The third-order valence-corrected chi connectivity index (χ3v) is 2.87. The zero-order valence-corrected chi connectivity index (χ0v) is 11.4. The Morgan fingerprint density at radius 1 is 1.10 bits per heavy atom. The van der Waals surface area contributed by atoms with Gasteiger partial charge in [-0.3, -0.25) is 4.79 Å². The topological polar surface area (TPSA) is 64.9 Å². The molecular formula is C16H15N3O. The number of aryl methyl sites for hydroxylation is 1. The number of nitriles is 1. The van der Waals surface area contributed by atoms with E-state index in [4.69, 9.17) is 5.26 Å². The van der Waals surface area contributed by atoms with Crippen molar-refractivity contribution in [2.24, 2.45) is 0 Å². The summed E-state index contributed by atoms with van der Waals surface area (Å²) in [6.45, 7) is 3.42. The van der Waals surface area contributed by atoms with Gasteiger partial charge in [0, 0.05) is 18.3 Å². The van der Waals surface area contributed by atoms with Crippen molar-refractivity contribution in [1.82, 2.24) is 0 Å². The van der Waals surface area contributed by atoms with Crippen molar-refractivity contribution in [3.05, 3.63) is 53.6 Å². The number of anilines is 3. The molecule has 0 saturated carbocycles. The monoisotopic (exact) mass is 265 g/mol. The molecule has 0 atom stereocenters. The highest BCUT2D eigenvalue weighted by Crippen LogP contribution is 2.25. The van der Waals surface area contributed by atoms with Gasteiger partial charge in [-0.15, -0.1) is 0 Å². The van der Waals surface area contributed by atoms with Crippen LogP contribution >= 0.6 is 0 Å². The fourth-order valence-electron chi connectivity index (χ4n) is 1.91. The molecule has 0 unspecified atom stereocenters. The SMILES string of the molecule is CC(=O)Nc1ccc(Nc2c(C)cccc2C#N)cc1. The van der Waals surface area contributed by atoms with Gasteiger partial charge in [-0.05, 0) is 42.8 Å². The Morgan fingerprint density at radius 2 is 1.75 bits per heavy atom. The number of amides is 1. The summed E-state index contributed by atoms with van der Waals surface area (Å²) >= 11 is 0. The minimum atomic E-state index is -0.101. The molecule has 2 aromatic carbocycles. The van der Waals surface area contributed by atoms with Crippen LogP contribution in [0.1, 0.15) is 18.1 Å². The second kappa shape index (κ2) is 5.89. The van der Waals surface area contributed by atoms with Gasteiger partial charge in [0.25, 0.3) is 0 Å². The number of hydrogen-bond acceptors (Lipinski definition) is 3. The largest absolute Gasteiger partial charge is 0.354 e. The van der Waals surface area contributed by atoms with E-state index in [1.807, 2.05) is 43.3 Å². The van der Waals surface area contributed by atoms with Crippen LogP contribution in [0.3, 0.4) is 0 Å². The van der Waals surface area contributed by atoms with Crippen LogP contribution in [0.2, 0.25) is 0 Å². The molecule has 4 heteroatoms. The van der Waals surface area contributed by atoms with Crippen molar-refractivity contribution in [2.45, 2.75) is 13.8 Å². The lowest BCUT2D eigenvalue weighted by Gasteiger charge is -2.12. The highest BCUT2D eigenvalue weighted by molar-refractivity contribution is 5.88. The second-order valence-electron chi connectivity index (χ2n) is 4.49. The first-order chi connectivity index (χ1) is 9.60. The lowest BCUT2D eigenvalue weighted by molar-refractivity contribution is -0.114. The summed E-state index contributed by atoms with van der Waals surface area (Å²) in [5.41, 5.74) is 4.03. The van der Waals surface area contributed by atoms with Gasteiger partial charge in [-0.1, -0.05) is 12.1 Å². The summed E-state index contributed by atoms with van der Waals surface area (Å²) < 4.78 is 0. The number of para-hydroxylation sites is 1. The quantitative estimate of drug-likeness (QED) is 0.891. The Bertz CT molecular complexity index is 669. The van der Waals surface area contributed by atoms with Gasteiger partial charge in [-0.25, -0.2) is 0 Å². The Labute approximate surface area is 118 Å². The normalized spacial score (nSPS) is 9.65. The standard InChI is InChI=1S/C16H15N3O/c1-11-4-3-5-13(10-17)16(11)19-15-8-6-14(7-9-15)18-12(2)20/h3-9,19H,1-2H3,(H,18,20). The molecule has 20 heavy (non-hydrogen) atoms. The highest BCUT2D eigenvalue weighted by atomic mass is 16.1.